The van der Waals surface area contributed by atoms with Crippen LogP contribution < -0.4 is 16.0 Å². The molecule has 0 aromatic heterocycles. The second kappa shape index (κ2) is 7.77. The van der Waals surface area contributed by atoms with E-state index in [1.165, 1.54) is 12.1 Å². The Morgan fingerprint density at radius 2 is 2.12 bits per heavy atom. The summed E-state index contributed by atoms with van der Waals surface area (Å²) in [5.41, 5.74) is 0.650. The predicted molar refractivity (Wildman–Crippen MR) is 96.0 cm³/mol. The van der Waals surface area contributed by atoms with Crippen LogP contribution in [0.3, 0.4) is 0 Å². The molecule has 134 valence electrons. The summed E-state index contributed by atoms with van der Waals surface area (Å²) in [4.78, 5) is 34.3. The molecule has 0 saturated carbocycles. The Hall–Kier alpha value is -2.22. The molecule has 0 spiro atoms. The summed E-state index contributed by atoms with van der Waals surface area (Å²) >= 11 is 1.87. The van der Waals surface area contributed by atoms with Gasteiger partial charge in [-0.3, -0.25) is 4.79 Å². The summed E-state index contributed by atoms with van der Waals surface area (Å²) in [6.07, 6.45) is 3.04. The number of anilines is 1. The second-order valence-electron chi connectivity index (χ2n) is 6.30. The van der Waals surface area contributed by atoms with Gasteiger partial charge in [0.1, 0.15) is 0 Å². The minimum Gasteiger partial charge on any atom is -0.478 e. The topological polar surface area (TPSA) is 108 Å². The van der Waals surface area contributed by atoms with Crippen molar-refractivity contribution in [3.63, 3.8) is 0 Å². The highest BCUT2D eigenvalue weighted by atomic mass is 32.2. The molecule has 3 rings (SSSR count). The number of carboxylic acids is 1. The summed E-state index contributed by atoms with van der Waals surface area (Å²) < 4.78 is 0. The van der Waals surface area contributed by atoms with Crippen LogP contribution in [0.2, 0.25) is 0 Å². The molecular weight excluding hydrogens is 342 g/mol. The first-order valence-electron chi connectivity index (χ1n) is 8.35. The van der Waals surface area contributed by atoms with Gasteiger partial charge in [0.15, 0.2) is 0 Å². The number of nitrogens with one attached hydrogen (secondary N) is 3. The highest BCUT2D eigenvalue weighted by Crippen LogP contribution is 2.33. The lowest BCUT2D eigenvalue weighted by molar-refractivity contribution is -0.116. The largest absolute Gasteiger partial charge is 0.478 e. The van der Waals surface area contributed by atoms with Crippen molar-refractivity contribution in [2.75, 3.05) is 11.1 Å². The van der Waals surface area contributed by atoms with Crippen LogP contribution in [-0.2, 0) is 4.79 Å². The Morgan fingerprint density at radius 3 is 2.92 bits per heavy atom. The maximum absolute atomic E-state index is 12.0. The molecule has 2 saturated heterocycles. The number of amides is 3. The van der Waals surface area contributed by atoms with Gasteiger partial charge < -0.3 is 21.1 Å². The normalized spacial score (nSPS) is 24.3. The van der Waals surface area contributed by atoms with E-state index in [1.807, 2.05) is 11.8 Å². The lowest BCUT2D eigenvalue weighted by Crippen LogP contribution is -2.36. The van der Waals surface area contributed by atoms with Crippen LogP contribution in [0.25, 0.3) is 0 Å². The molecule has 4 N–H and O–H groups in total. The van der Waals surface area contributed by atoms with E-state index in [0.29, 0.717) is 17.4 Å². The van der Waals surface area contributed by atoms with Gasteiger partial charge in [-0.25, -0.2) is 9.59 Å². The third-order valence-corrected chi connectivity index (χ3v) is 5.98. The van der Waals surface area contributed by atoms with E-state index >= 15 is 0 Å². The SMILES string of the molecule is O=C(CCCC[C@@H]1SC[C@@H]2NC(=O)N[C@@H]21)Nc1cccc(C(=O)O)c1. The smallest absolute Gasteiger partial charge is 0.335 e. The standard InChI is InChI=1S/C17H21N3O4S/c21-14(18-11-5-3-4-10(8-11)16(22)23)7-2-1-6-13-15-12(9-25-13)19-17(24)20-15/h3-5,8,12-13,15H,1-2,6-7,9H2,(H,18,21)(H,22,23)(H2,19,20,24)/t12-,13-,15-/m0/s1. The Bertz CT molecular complexity index is 682. The number of hydrogen-bond acceptors (Lipinski definition) is 4. The first-order valence-corrected chi connectivity index (χ1v) is 9.39. The van der Waals surface area contributed by atoms with Crippen molar-refractivity contribution in [3.8, 4) is 0 Å². The molecule has 1 aromatic carbocycles. The van der Waals surface area contributed by atoms with Gasteiger partial charge in [-0.15, -0.1) is 0 Å². The molecular formula is C17H21N3O4S. The number of thioether (sulfide) groups is 1. The van der Waals surface area contributed by atoms with Crippen LogP contribution >= 0.6 is 11.8 Å². The van der Waals surface area contributed by atoms with E-state index in [-0.39, 0.29) is 29.6 Å². The van der Waals surface area contributed by atoms with E-state index in [1.54, 1.807) is 12.1 Å². The Balaban J connectivity index is 1.38. The lowest BCUT2D eigenvalue weighted by Gasteiger charge is -2.16. The highest BCUT2D eigenvalue weighted by Gasteiger charge is 2.42. The lowest BCUT2D eigenvalue weighted by atomic mass is 10.0. The molecule has 2 aliphatic heterocycles. The Labute approximate surface area is 149 Å². The van der Waals surface area contributed by atoms with Crippen molar-refractivity contribution < 1.29 is 19.5 Å². The first kappa shape index (κ1) is 17.6. The van der Waals surface area contributed by atoms with Crippen LogP contribution in [-0.4, -0.2) is 46.1 Å². The highest BCUT2D eigenvalue weighted by molar-refractivity contribution is 8.00. The van der Waals surface area contributed by atoms with Crippen molar-refractivity contribution in [2.45, 2.75) is 43.0 Å². The van der Waals surface area contributed by atoms with E-state index in [0.717, 1.165) is 25.0 Å². The van der Waals surface area contributed by atoms with Crippen molar-refractivity contribution in [3.05, 3.63) is 29.8 Å². The molecule has 2 aliphatic rings. The maximum Gasteiger partial charge on any atom is 0.335 e. The van der Waals surface area contributed by atoms with Crippen molar-refractivity contribution in [1.29, 1.82) is 0 Å². The number of hydrogen-bond donors (Lipinski definition) is 4. The second-order valence-corrected chi connectivity index (χ2v) is 7.57. The molecule has 0 radical (unpaired) electrons. The average molecular weight is 363 g/mol. The van der Waals surface area contributed by atoms with Gasteiger partial charge in [-0.05, 0) is 31.0 Å². The first-order chi connectivity index (χ1) is 12.0. The fourth-order valence-electron chi connectivity index (χ4n) is 3.23. The number of aromatic carboxylic acids is 1. The zero-order chi connectivity index (χ0) is 17.8. The van der Waals surface area contributed by atoms with Crippen LogP contribution in [0.1, 0.15) is 36.0 Å². The molecule has 25 heavy (non-hydrogen) atoms. The van der Waals surface area contributed by atoms with E-state index in [2.05, 4.69) is 16.0 Å². The summed E-state index contributed by atoms with van der Waals surface area (Å²) in [5.74, 6) is -0.193. The molecule has 0 aliphatic carbocycles. The summed E-state index contributed by atoms with van der Waals surface area (Å²) in [5, 5.41) is 18.0. The molecule has 0 unspecified atom stereocenters. The third kappa shape index (κ3) is 4.45. The van der Waals surface area contributed by atoms with Crippen LogP contribution in [0.4, 0.5) is 10.5 Å². The summed E-state index contributed by atoms with van der Waals surface area (Å²) in [6.45, 7) is 0. The van der Waals surface area contributed by atoms with Gasteiger partial charge in [0.2, 0.25) is 5.91 Å². The molecule has 1 aromatic rings. The summed E-state index contributed by atoms with van der Waals surface area (Å²) in [7, 11) is 0. The Morgan fingerprint density at radius 1 is 1.28 bits per heavy atom. The molecule has 0 bridgehead atoms. The molecule has 3 atom stereocenters. The molecule has 2 fully saturated rings. The summed E-state index contributed by atoms with van der Waals surface area (Å²) in [6, 6.07) is 6.57. The predicted octanol–water partition coefficient (Wildman–Crippen LogP) is 2.05. The number of carbonyl (C=O) groups excluding carboxylic acids is 2. The minimum atomic E-state index is -1.02. The van der Waals surface area contributed by atoms with Gasteiger partial charge in [0.25, 0.3) is 0 Å². The zero-order valence-corrected chi connectivity index (χ0v) is 14.5. The number of carbonyl (C=O) groups is 3. The van der Waals surface area contributed by atoms with Crippen LogP contribution in [0.5, 0.6) is 0 Å². The van der Waals surface area contributed by atoms with E-state index in [4.69, 9.17) is 5.11 Å². The maximum atomic E-state index is 12.0. The monoisotopic (exact) mass is 363 g/mol. The fourth-order valence-corrected chi connectivity index (χ4v) is 4.77. The van der Waals surface area contributed by atoms with Crippen molar-refractivity contribution >= 4 is 35.4 Å². The average Bonchev–Trinajstić information content (AvgIpc) is 3.11. The van der Waals surface area contributed by atoms with Gasteiger partial charge in [0.05, 0.1) is 17.6 Å². The van der Waals surface area contributed by atoms with Gasteiger partial charge in [0, 0.05) is 23.1 Å². The molecule has 3 amide bonds. The minimum absolute atomic E-state index is 0.0803. The van der Waals surface area contributed by atoms with Gasteiger partial charge in [-0.2, -0.15) is 11.8 Å². The Kier molecular flexibility index (Phi) is 5.47. The van der Waals surface area contributed by atoms with Gasteiger partial charge in [-0.1, -0.05) is 12.5 Å². The quantitative estimate of drug-likeness (QED) is 0.438. The number of carboxylic acid groups (broad SMARTS) is 1. The number of fused-ring (bicyclic) bond motifs is 1. The van der Waals surface area contributed by atoms with E-state index < -0.39 is 5.97 Å². The number of urea groups is 1. The fraction of sp³-hybridized carbons (Fsp3) is 0.471. The van der Waals surface area contributed by atoms with E-state index in [9.17, 15) is 14.4 Å². The van der Waals surface area contributed by atoms with Crippen molar-refractivity contribution in [2.24, 2.45) is 0 Å². The molecule has 7 nitrogen and oxygen atoms in total. The number of rotatable bonds is 7. The zero-order valence-electron chi connectivity index (χ0n) is 13.7. The molecule has 2 heterocycles. The van der Waals surface area contributed by atoms with Gasteiger partial charge >= 0.3 is 12.0 Å². The number of unbranched alkanes of at least 4 members (excludes halogenated alkanes) is 1. The third-order valence-electron chi connectivity index (χ3n) is 4.47. The number of benzene rings is 1. The van der Waals surface area contributed by atoms with Crippen LogP contribution in [0.15, 0.2) is 24.3 Å². The van der Waals surface area contributed by atoms with Crippen molar-refractivity contribution in [1.82, 2.24) is 10.6 Å². The molecule has 8 heteroatoms. The van der Waals surface area contributed by atoms with Crippen LogP contribution in [0, 0.1) is 0 Å².